The molecular formula is C66H53N3Si. The molecular weight excluding hydrogens is 863 g/mol. The molecule has 0 atom stereocenters. The van der Waals surface area contributed by atoms with E-state index in [4.69, 9.17) is 0 Å². The Hall–Kier alpha value is -8.96. The van der Waals surface area contributed by atoms with Crippen molar-refractivity contribution >= 4 is 82.7 Å². The molecule has 0 N–H and O–H groups in total. The topological polar surface area (TPSA) is 9.72 Å². The number of benzene rings is 10. The first-order chi connectivity index (χ1) is 34.7. The fraction of sp³-hybridized carbons (Fsp3) is 0. The second-order valence-corrected chi connectivity index (χ2v) is 20.5. The molecule has 0 spiro atoms. The molecule has 0 bridgehead atoms. The summed E-state index contributed by atoms with van der Waals surface area (Å²) in [6.07, 6.45) is 6.94. The van der Waals surface area contributed by atoms with Crippen molar-refractivity contribution in [2.75, 3.05) is 14.7 Å². The standard InChI is InChI=1S/C66H53N3Si/c1-8-22-57(23-9-1)67(58-24-10-2-11-25-58)63-42-36-54(37-43-63)48-51-70(66-34-20-7-21-35-66,52-49-55-38-44-64(45-39-55)68(59-26-12-3-13-27-59)60-28-14-4-15-29-60)53-50-56-40-46-65(47-41-56)69(61-30-16-5-17-31-61)62-32-18-6-19-33-62/h1-53H. The normalized spacial score (nSPS) is 12.2. The number of hydrogen-bond acceptors (Lipinski definition) is 3. The molecule has 0 aromatic heterocycles. The van der Waals surface area contributed by atoms with Gasteiger partial charge >= 0.3 is 0 Å². The third-order valence-corrected chi connectivity index (χ3v) is 16.0. The van der Waals surface area contributed by atoms with E-state index in [1.165, 1.54) is 5.19 Å². The van der Waals surface area contributed by atoms with Gasteiger partial charge in [-0.25, -0.2) is 0 Å². The van der Waals surface area contributed by atoms with Gasteiger partial charge in [-0.3, -0.25) is 0 Å². The van der Waals surface area contributed by atoms with Gasteiger partial charge in [0.05, 0.1) is 0 Å². The number of para-hydroxylation sites is 6. The van der Waals surface area contributed by atoms with Gasteiger partial charge in [0.2, 0.25) is 0 Å². The summed E-state index contributed by atoms with van der Waals surface area (Å²) in [5.74, 6) is 0. The molecule has 0 radical (unpaired) electrons. The van der Waals surface area contributed by atoms with Crippen LogP contribution in [-0.2, 0) is 0 Å². The lowest BCUT2D eigenvalue weighted by molar-refractivity contribution is 1.28. The van der Waals surface area contributed by atoms with Crippen molar-refractivity contribution in [2.24, 2.45) is 0 Å². The van der Waals surface area contributed by atoms with Gasteiger partial charge in [-0.2, -0.15) is 0 Å². The van der Waals surface area contributed by atoms with Crippen LogP contribution in [0.1, 0.15) is 16.7 Å². The Balaban J connectivity index is 1.03. The van der Waals surface area contributed by atoms with Crippen LogP contribution in [0.2, 0.25) is 0 Å². The van der Waals surface area contributed by atoms with Crippen LogP contribution in [0.3, 0.4) is 0 Å². The van der Waals surface area contributed by atoms with Crippen molar-refractivity contribution < 1.29 is 0 Å². The van der Waals surface area contributed by atoms with E-state index in [0.29, 0.717) is 0 Å². The zero-order chi connectivity index (χ0) is 47.2. The Bertz CT molecular complexity index is 2810. The molecule has 0 unspecified atom stereocenters. The Morgan fingerprint density at radius 2 is 0.386 bits per heavy atom. The molecule has 70 heavy (non-hydrogen) atoms. The van der Waals surface area contributed by atoms with Crippen molar-refractivity contribution in [1.82, 2.24) is 0 Å². The van der Waals surface area contributed by atoms with Gasteiger partial charge in [-0.05, 0) is 131 Å². The molecule has 10 aromatic rings. The van der Waals surface area contributed by atoms with Crippen molar-refractivity contribution in [2.45, 2.75) is 0 Å². The van der Waals surface area contributed by atoms with E-state index in [-0.39, 0.29) is 0 Å². The van der Waals surface area contributed by atoms with E-state index in [0.717, 1.165) is 67.9 Å². The minimum Gasteiger partial charge on any atom is -0.311 e. The Morgan fingerprint density at radius 1 is 0.200 bits per heavy atom. The summed E-state index contributed by atoms with van der Waals surface area (Å²) >= 11 is 0. The third-order valence-electron chi connectivity index (χ3n) is 12.5. The quantitative estimate of drug-likeness (QED) is 0.0894. The number of hydrogen-bond donors (Lipinski definition) is 0. The highest BCUT2D eigenvalue weighted by Crippen LogP contribution is 2.37. The van der Waals surface area contributed by atoms with Crippen LogP contribution >= 0.6 is 0 Å². The number of rotatable bonds is 16. The average Bonchev–Trinajstić information content (AvgIpc) is 3.44. The Kier molecular flexibility index (Phi) is 13.9. The van der Waals surface area contributed by atoms with Gasteiger partial charge in [0.15, 0.2) is 8.07 Å². The fourth-order valence-corrected chi connectivity index (χ4v) is 12.0. The SMILES string of the molecule is C(=C[Si](C=Cc1ccc(N(c2ccccc2)c2ccccc2)cc1)(C=Cc1ccc(N(c2ccccc2)c2ccccc2)cc1)c1ccccc1)c1ccc(N(c2ccccc2)c2ccccc2)cc1. The monoisotopic (exact) mass is 915 g/mol. The smallest absolute Gasteiger partial charge is 0.157 e. The molecule has 10 rings (SSSR count). The van der Waals surface area contributed by atoms with Gasteiger partial charge in [-0.15, -0.1) is 0 Å². The maximum absolute atomic E-state index is 2.72. The highest BCUT2D eigenvalue weighted by molar-refractivity contribution is 7.04. The van der Waals surface area contributed by atoms with E-state index < -0.39 is 8.07 Å². The Morgan fingerprint density at radius 3 is 0.600 bits per heavy atom. The fourth-order valence-electron chi connectivity index (χ4n) is 8.89. The third kappa shape index (κ3) is 10.6. The molecule has 0 aliphatic rings. The maximum atomic E-state index is 2.47. The minimum absolute atomic E-state index is 1.10. The molecule has 3 nitrogen and oxygen atoms in total. The molecule has 0 amide bonds. The molecule has 0 fully saturated rings. The summed E-state index contributed by atoms with van der Waals surface area (Å²) in [5.41, 5.74) is 20.8. The highest BCUT2D eigenvalue weighted by atomic mass is 28.3. The lowest BCUT2D eigenvalue weighted by Gasteiger charge is -2.26. The van der Waals surface area contributed by atoms with E-state index >= 15 is 0 Å². The number of anilines is 9. The van der Waals surface area contributed by atoms with Crippen LogP contribution in [0.25, 0.3) is 18.2 Å². The first-order valence-corrected chi connectivity index (χ1v) is 26.1. The summed E-state index contributed by atoms with van der Waals surface area (Å²) in [7, 11) is -2.72. The molecule has 0 saturated carbocycles. The highest BCUT2D eigenvalue weighted by Gasteiger charge is 2.27. The summed E-state index contributed by atoms with van der Waals surface area (Å²) in [6, 6.07) is 101. The van der Waals surface area contributed by atoms with Crippen LogP contribution in [0.5, 0.6) is 0 Å². The first-order valence-electron chi connectivity index (χ1n) is 23.8. The van der Waals surface area contributed by atoms with Crippen molar-refractivity contribution in [3.63, 3.8) is 0 Å². The van der Waals surface area contributed by atoms with Crippen molar-refractivity contribution in [3.05, 3.63) is 319 Å². The second-order valence-electron chi connectivity index (χ2n) is 17.1. The molecule has 0 saturated heterocycles. The van der Waals surface area contributed by atoms with Crippen molar-refractivity contribution in [1.29, 1.82) is 0 Å². The predicted molar refractivity (Wildman–Crippen MR) is 302 cm³/mol. The number of nitrogens with zero attached hydrogens (tertiary/aromatic N) is 3. The van der Waals surface area contributed by atoms with Gasteiger partial charge in [0, 0.05) is 51.2 Å². The average molecular weight is 916 g/mol. The minimum atomic E-state index is -2.72. The molecule has 0 aliphatic carbocycles. The lowest BCUT2D eigenvalue weighted by atomic mass is 10.1. The van der Waals surface area contributed by atoms with Crippen LogP contribution in [0.15, 0.2) is 302 Å². The maximum Gasteiger partial charge on any atom is 0.157 e. The van der Waals surface area contributed by atoms with Crippen LogP contribution in [-0.4, -0.2) is 8.07 Å². The van der Waals surface area contributed by atoms with Gasteiger partial charge < -0.3 is 14.7 Å². The Labute approximate surface area is 414 Å². The van der Waals surface area contributed by atoms with E-state index in [1.54, 1.807) is 0 Å². The van der Waals surface area contributed by atoms with E-state index in [2.05, 4.69) is 335 Å². The van der Waals surface area contributed by atoms with Gasteiger partial charge in [-0.1, -0.05) is 211 Å². The predicted octanol–water partition coefficient (Wildman–Crippen LogP) is 17.5. The largest absolute Gasteiger partial charge is 0.311 e. The summed E-state index contributed by atoms with van der Waals surface area (Å²) in [6.45, 7) is 0. The van der Waals surface area contributed by atoms with Crippen LogP contribution < -0.4 is 19.9 Å². The second kappa shape index (κ2) is 21.8. The molecule has 10 aromatic carbocycles. The molecule has 336 valence electrons. The zero-order valence-electron chi connectivity index (χ0n) is 38.9. The summed E-state index contributed by atoms with van der Waals surface area (Å²) < 4.78 is 0. The lowest BCUT2D eigenvalue weighted by Crippen LogP contribution is -2.43. The molecule has 0 aliphatic heterocycles. The van der Waals surface area contributed by atoms with Crippen molar-refractivity contribution in [3.8, 4) is 0 Å². The zero-order valence-corrected chi connectivity index (χ0v) is 39.9. The summed E-state index contributed by atoms with van der Waals surface area (Å²) in [5, 5.41) is 1.29. The van der Waals surface area contributed by atoms with Gasteiger partial charge in [0.1, 0.15) is 0 Å². The van der Waals surface area contributed by atoms with Crippen LogP contribution in [0, 0.1) is 0 Å². The first kappa shape index (κ1) is 44.9. The summed E-state index contributed by atoms with van der Waals surface area (Å²) in [4.78, 5) is 6.91. The molecule has 4 heteroatoms. The molecule has 0 heterocycles. The van der Waals surface area contributed by atoms with Gasteiger partial charge in [0.25, 0.3) is 0 Å². The van der Waals surface area contributed by atoms with E-state index in [9.17, 15) is 0 Å². The van der Waals surface area contributed by atoms with Crippen LogP contribution in [0.4, 0.5) is 51.2 Å². The van der Waals surface area contributed by atoms with E-state index in [1.807, 2.05) is 0 Å².